The van der Waals surface area contributed by atoms with Gasteiger partial charge >= 0.3 is 11.9 Å². The summed E-state index contributed by atoms with van der Waals surface area (Å²) in [5.41, 5.74) is 16.7. The molecule has 0 bridgehead atoms. The summed E-state index contributed by atoms with van der Waals surface area (Å²) >= 11 is 0. The van der Waals surface area contributed by atoms with Crippen LogP contribution in [0.4, 0.5) is 0 Å². The molecule has 0 spiro atoms. The highest BCUT2D eigenvalue weighted by molar-refractivity contribution is 5.88. The Labute approximate surface area is 353 Å². The highest BCUT2D eigenvalue weighted by Crippen LogP contribution is 2.54. The van der Waals surface area contributed by atoms with Crippen molar-refractivity contribution >= 4 is 11.9 Å². The van der Waals surface area contributed by atoms with Crippen LogP contribution in [-0.4, -0.2) is 22.2 Å². The van der Waals surface area contributed by atoms with Crippen molar-refractivity contribution in [2.45, 2.75) is 159 Å². The molecular formula is C55H66O4. The average molecular weight is 791 g/mol. The maximum Gasteiger partial charge on any atom is 0.335 e. The number of aryl methyl sites for hydroxylation is 1. The second kappa shape index (κ2) is 15.4. The summed E-state index contributed by atoms with van der Waals surface area (Å²) in [6.45, 7) is 30.1. The zero-order chi connectivity index (χ0) is 42.8. The quantitative estimate of drug-likeness (QED) is 0.191. The molecule has 59 heavy (non-hydrogen) atoms. The van der Waals surface area contributed by atoms with E-state index in [0.717, 1.165) is 25.7 Å². The largest absolute Gasteiger partial charge is 0.478 e. The number of benzene rings is 4. The molecule has 0 saturated heterocycles. The Morgan fingerprint density at radius 3 is 1.34 bits per heavy atom. The highest BCUT2D eigenvalue weighted by atomic mass is 16.4. The molecule has 2 saturated carbocycles. The lowest BCUT2D eigenvalue weighted by Gasteiger charge is -2.43. The summed E-state index contributed by atoms with van der Waals surface area (Å²) in [5, 5.41) is 18.4. The van der Waals surface area contributed by atoms with Crippen molar-refractivity contribution in [2.75, 3.05) is 0 Å². The standard InChI is InChI=1S/C28H34O2.C27H32O2/c1-17-7-12-21(19-8-10-20(11-9-19)26(29)30)25(17)22-16-24-23(15-18(22)2)27(3,4)13-14-28(24,5)6;1-17-6-12-21(18-7-9-19(10-8-18)25(28)29)24(17)20-11-13-22-23(16-20)27(4,5)15-14-26(22,2)3/h8-11,15-16,21,25H,1,7,12-14H2,2-6H3,(H,29,30);7-11,13,16,21,24H,1,6,12,14-15H2,2-5H3,(H,28,29). The van der Waals surface area contributed by atoms with Crippen LogP contribution in [0.15, 0.2) is 103 Å². The first-order valence-electron chi connectivity index (χ1n) is 21.9. The molecule has 4 unspecified atom stereocenters. The number of carboxylic acids is 2. The SMILES string of the molecule is C=C1CCC(c2ccc(C(=O)O)cc2)C1c1cc2c(cc1C)C(C)(C)CCC2(C)C.C=C1CCC(c2ccc(C(=O)O)cc2)C1c1ccc2c(c1)C(C)(C)CCC2(C)C. The van der Waals surface area contributed by atoms with Crippen LogP contribution < -0.4 is 0 Å². The number of aromatic carboxylic acids is 2. The highest BCUT2D eigenvalue weighted by Gasteiger charge is 2.41. The van der Waals surface area contributed by atoms with E-state index in [4.69, 9.17) is 0 Å². The monoisotopic (exact) mass is 790 g/mol. The minimum absolute atomic E-state index is 0.186. The number of fused-ring (bicyclic) bond motifs is 2. The van der Waals surface area contributed by atoms with Crippen LogP contribution >= 0.6 is 0 Å². The van der Waals surface area contributed by atoms with Gasteiger partial charge in [0.2, 0.25) is 0 Å². The van der Waals surface area contributed by atoms with Gasteiger partial charge in [-0.25, -0.2) is 9.59 Å². The van der Waals surface area contributed by atoms with Gasteiger partial charge in [0.15, 0.2) is 0 Å². The van der Waals surface area contributed by atoms with E-state index in [9.17, 15) is 19.8 Å². The molecule has 0 heterocycles. The molecule has 4 aromatic carbocycles. The molecule has 310 valence electrons. The Morgan fingerprint density at radius 1 is 0.508 bits per heavy atom. The van der Waals surface area contributed by atoms with E-state index < -0.39 is 11.9 Å². The molecule has 4 aliphatic carbocycles. The van der Waals surface area contributed by atoms with Crippen LogP contribution in [0.5, 0.6) is 0 Å². The van der Waals surface area contributed by atoms with Crippen molar-refractivity contribution in [1.29, 1.82) is 0 Å². The zero-order valence-electron chi connectivity index (χ0n) is 37.1. The van der Waals surface area contributed by atoms with Crippen LogP contribution in [0.2, 0.25) is 0 Å². The fourth-order valence-electron chi connectivity index (χ4n) is 11.1. The van der Waals surface area contributed by atoms with E-state index >= 15 is 0 Å². The Kier molecular flexibility index (Phi) is 11.1. The number of allylic oxidation sites excluding steroid dienone is 2. The van der Waals surface area contributed by atoms with Crippen LogP contribution in [0.25, 0.3) is 0 Å². The second-order valence-electron chi connectivity index (χ2n) is 21.0. The third-order valence-corrected chi connectivity index (χ3v) is 15.2. The maximum absolute atomic E-state index is 11.3. The minimum atomic E-state index is -0.872. The molecule has 2 fully saturated rings. The summed E-state index contributed by atoms with van der Waals surface area (Å²) < 4.78 is 0. The average Bonchev–Trinajstić information content (AvgIpc) is 3.77. The van der Waals surface area contributed by atoms with E-state index in [1.807, 2.05) is 24.3 Å². The third kappa shape index (κ3) is 8.01. The van der Waals surface area contributed by atoms with Crippen molar-refractivity contribution in [3.05, 3.63) is 164 Å². The van der Waals surface area contributed by atoms with Gasteiger partial charge in [-0.15, -0.1) is 0 Å². The fourth-order valence-corrected chi connectivity index (χ4v) is 11.1. The van der Waals surface area contributed by atoms with E-state index in [1.54, 1.807) is 24.3 Å². The van der Waals surface area contributed by atoms with Crippen molar-refractivity contribution in [3.8, 4) is 0 Å². The smallest absolute Gasteiger partial charge is 0.335 e. The predicted molar refractivity (Wildman–Crippen MR) is 243 cm³/mol. The Bertz CT molecular complexity index is 2300. The Balaban J connectivity index is 0.000000179. The minimum Gasteiger partial charge on any atom is -0.478 e. The molecule has 4 nitrogen and oxygen atoms in total. The topological polar surface area (TPSA) is 74.6 Å². The number of hydrogen-bond acceptors (Lipinski definition) is 2. The number of carboxylic acid groups (broad SMARTS) is 2. The normalized spacial score (nSPS) is 24.7. The van der Waals surface area contributed by atoms with E-state index in [1.165, 1.54) is 86.9 Å². The van der Waals surface area contributed by atoms with Crippen LogP contribution in [0, 0.1) is 6.92 Å². The van der Waals surface area contributed by atoms with Crippen molar-refractivity contribution < 1.29 is 19.8 Å². The van der Waals surface area contributed by atoms with Crippen LogP contribution in [0.1, 0.15) is 201 Å². The first kappa shape index (κ1) is 42.4. The van der Waals surface area contributed by atoms with Crippen molar-refractivity contribution in [2.24, 2.45) is 0 Å². The number of rotatable bonds is 6. The van der Waals surface area contributed by atoms with Gasteiger partial charge in [-0.3, -0.25) is 0 Å². The van der Waals surface area contributed by atoms with Gasteiger partial charge in [0.1, 0.15) is 0 Å². The molecule has 0 amide bonds. The van der Waals surface area contributed by atoms with E-state index in [2.05, 4.69) is 106 Å². The molecule has 8 rings (SSSR count). The molecular weight excluding hydrogens is 725 g/mol. The summed E-state index contributed by atoms with van der Waals surface area (Å²) in [6.07, 6.45) is 9.07. The molecule has 0 aromatic heterocycles. The predicted octanol–water partition coefficient (Wildman–Crippen LogP) is 14.2. The Morgan fingerprint density at radius 2 is 0.881 bits per heavy atom. The lowest BCUT2D eigenvalue weighted by atomic mass is 9.62. The number of hydrogen-bond donors (Lipinski definition) is 2. The number of carbonyl (C=O) groups is 2. The fraction of sp³-hybridized carbons (Fsp3) is 0.455. The molecule has 4 aliphatic rings. The molecule has 4 heteroatoms. The summed E-state index contributed by atoms with van der Waals surface area (Å²) in [7, 11) is 0. The lowest BCUT2D eigenvalue weighted by Crippen LogP contribution is -2.34. The third-order valence-electron chi connectivity index (χ3n) is 15.2. The summed E-state index contributed by atoms with van der Waals surface area (Å²) in [6, 6.07) is 27.0. The van der Waals surface area contributed by atoms with Crippen LogP contribution in [-0.2, 0) is 21.7 Å². The van der Waals surface area contributed by atoms with Gasteiger partial charge in [-0.2, -0.15) is 0 Å². The van der Waals surface area contributed by atoms with Gasteiger partial charge in [-0.1, -0.05) is 134 Å². The van der Waals surface area contributed by atoms with Crippen molar-refractivity contribution in [3.63, 3.8) is 0 Å². The van der Waals surface area contributed by atoms with Crippen molar-refractivity contribution in [1.82, 2.24) is 0 Å². The summed E-state index contributed by atoms with van der Waals surface area (Å²) in [5.74, 6) is -0.420. The van der Waals surface area contributed by atoms with Gasteiger partial charge in [0.25, 0.3) is 0 Å². The molecule has 2 N–H and O–H groups in total. The molecule has 0 radical (unpaired) electrons. The molecule has 4 aromatic rings. The zero-order valence-corrected chi connectivity index (χ0v) is 37.1. The maximum atomic E-state index is 11.3. The van der Waals surface area contributed by atoms with Gasteiger partial charge in [0.05, 0.1) is 11.1 Å². The van der Waals surface area contributed by atoms with Gasteiger partial charge < -0.3 is 10.2 Å². The molecule has 0 aliphatic heterocycles. The van der Waals surface area contributed by atoms with Crippen LogP contribution in [0.3, 0.4) is 0 Å². The van der Waals surface area contributed by atoms with E-state index in [0.29, 0.717) is 34.8 Å². The first-order chi connectivity index (χ1) is 27.6. The van der Waals surface area contributed by atoms with Gasteiger partial charge in [-0.05, 0) is 166 Å². The van der Waals surface area contributed by atoms with Gasteiger partial charge in [0, 0.05) is 11.8 Å². The Hall–Kier alpha value is -4.70. The summed E-state index contributed by atoms with van der Waals surface area (Å²) in [4.78, 5) is 22.5. The lowest BCUT2D eigenvalue weighted by molar-refractivity contribution is 0.0686. The second-order valence-corrected chi connectivity index (χ2v) is 21.0. The van der Waals surface area contributed by atoms with E-state index in [-0.39, 0.29) is 21.7 Å². The first-order valence-corrected chi connectivity index (χ1v) is 21.9. The molecule has 4 atom stereocenters.